The molecule has 1 aromatic heterocycles. The van der Waals surface area contributed by atoms with Gasteiger partial charge in [0.2, 0.25) is 0 Å². The number of anilines is 1. The fourth-order valence-electron chi connectivity index (χ4n) is 5.03. The molecule has 1 fully saturated rings. The summed E-state index contributed by atoms with van der Waals surface area (Å²) in [5, 5.41) is 2.33. The maximum Gasteiger partial charge on any atom is 0.296 e. The molecule has 162 valence electrons. The number of thiazole rings is 1. The van der Waals surface area contributed by atoms with Crippen molar-refractivity contribution in [3.05, 3.63) is 46.7 Å². The van der Waals surface area contributed by atoms with Crippen molar-refractivity contribution in [3.8, 4) is 11.5 Å². The van der Waals surface area contributed by atoms with Gasteiger partial charge in [0.25, 0.3) is 5.91 Å². The lowest BCUT2D eigenvalue weighted by molar-refractivity contribution is -0.132. The van der Waals surface area contributed by atoms with E-state index in [0.717, 1.165) is 19.3 Å². The van der Waals surface area contributed by atoms with Gasteiger partial charge >= 0.3 is 0 Å². The number of rotatable bonds is 4. The third-order valence-electron chi connectivity index (χ3n) is 6.46. The highest BCUT2D eigenvalue weighted by atomic mass is 32.1. The van der Waals surface area contributed by atoms with Crippen molar-refractivity contribution < 1.29 is 23.8 Å². The molecule has 4 unspecified atom stereocenters. The van der Waals surface area contributed by atoms with E-state index in [1.807, 2.05) is 17.5 Å². The minimum absolute atomic E-state index is 0.0000732. The highest BCUT2D eigenvalue weighted by Gasteiger charge is 2.54. The maximum absolute atomic E-state index is 13.8. The minimum atomic E-state index is -0.676. The lowest BCUT2D eigenvalue weighted by atomic mass is 9.74. The van der Waals surface area contributed by atoms with Crippen LogP contribution in [0.15, 0.2) is 41.1 Å². The molecule has 2 aliphatic heterocycles. The molecule has 8 heteroatoms. The van der Waals surface area contributed by atoms with E-state index in [-0.39, 0.29) is 29.5 Å². The molecule has 0 radical (unpaired) electrons. The number of benzene rings is 1. The number of methoxy groups -OCH3 is 2. The van der Waals surface area contributed by atoms with Crippen molar-refractivity contribution in [2.75, 3.05) is 19.1 Å². The summed E-state index contributed by atoms with van der Waals surface area (Å²) in [7, 11) is 3.12. The molecule has 1 saturated carbocycles. The predicted molar refractivity (Wildman–Crippen MR) is 115 cm³/mol. The van der Waals surface area contributed by atoms with Gasteiger partial charge in [0, 0.05) is 17.1 Å². The number of para-hydroxylation sites is 1. The van der Waals surface area contributed by atoms with Gasteiger partial charge in [-0.05, 0) is 31.2 Å². The largest absolute Gasteiger partial charge is 0.493 e. The summed E-state index contributed by atoms with van der Waals surface area (Å²) in [6.07, 6.45) is 3.96. The molecule has 5 rings (SSSR count). The van der Waals surface area contributed by atoms with Crippen LogP contribution in [0.4, 0.5) is 5.13 Å². The van der Waals surface area contributed by atoms with Crippen LogP contribution in [0.3, 0.4) is 0 Å². The Morgan fingerprint density at radius 3 is 2.74 bits per heavy atom. The minimum Gasteiger partial charge on any atom is -0.493 e. The molecule has 4 atom stereocenters. The normalized spacial score (nSPS) is 27.6. The number of fused-ring (bicyclic) bond motifs is 1. The lowest BCUT2D eigenvalue weighted by Crippen LogP contribution is -2.41. The number of amides is 1. The third kappa shape index (κ3) is 3.04. The monoisotopic (exact) mass is 440 g/mol. The van der Waals surface area contributed by atoms with Crippen LogP contribution in [0.2, 0.25) is 0 Å². The van der Waals surface area contributed by atoms with Gasteiger partial charge in [-0.15, -0.1) is 11.3 Å². The van der Waals surface area contributed by atoms with Gasteiger partial charge in [-0.1, -0.05) is 19.1 Å². The number of ether oxygens (including phenoxy) is 3. The molecule has 0 spiro atoms. The standard InChI is InChI=1S/C23H24N2O5S/c1-12-7-8-15-14(11-12)19(26)17-18(13-5-4-6-16(28-2)20(13)29-3)25(22(27)21(17)30-15)23-24-9-10-31-23/h4-6,9-10,12,14-15,18H,7-8,11H2,1-3H3. The third-order valence-corrected chi connectivity index (χ3v) is 7.23. The van der Waals surface area contributed by atoms with Crippen LogP contribution < -0.4 is 14.4 Å². The first kappa shape index (κ1) is 20.1. The smallest absolute Gasteiger partial charge is 0.296 e. The fourth-order valence-corrected chi connectivity index (χ4v) is 5.70. The van der Waals surface area contributed by atoms with Crippen molar-refractivity contribution in [3.63, 3.8) is 0 Å². The Balaban J connectivity index is 1.69. The summed E-state index contributed by atoms with van der Waals surface area (Å²) in [5.74, 6) is 1.08. The van der Waals surface area contributed by atoms with Crippen molar-refractivity contribution in [2.45, 2.75) is 38.3 Å². The van der Waals surface area contributed by atoms with Gasteiger partial charge in [0.15, 0.2) is 28.2 Å². The second kappa shape index (κ2) is 7.67. The zero-order chi connectivity index (χ0) is 21.7. The first-order chi connectivity index (χ1) is 15.0. The molecule has 3 heterocycles. The first-order valence-corrected chi connectivity index (χ1v) is 11.3. The first-order valence-electron chi connectivity index (χ1n) is 10.4. The molecule has 31 heavy (non-hydrogen) atoms. The topological polar surface area (TPSA) is 78.0 Å². The van der Waals surface area contributed by atoms with Gasteiger partial charge in [0.05, 0.1) is 25.7 Å². The van der Waals surface area contributed by atoms with Crippen LogP contribution in [0.25, 0.3) is 0 Å². The predicted octanol–water partition coefficient (Wildman–Crippen LogP) is 3.91. The summed E-state index contributed by atoms with van der Waals surface area (Å²) < 4.78 is 17.4. The zero-order valence-corrected chi connectivity index (χ0v) is 18.5. The van der Waals surface area contributed by atoms with E-state index >= 15 is 0 Å². The van der Waals surface area contributed by atoms with E-state index in [1.165, 1.54) is 11.3 Å². The Hall–Kier alpha value is -2.87. The summed E-state index contributed by atoms with van der Waals surface area (Å²) in [6, 6.07) is 4.81. The highest BCUT2D eigenvalue weighted by molar-refractivity contribution is 7.13. The maximum atomic E-state index is 13.8. The molecule has 1 aromatic carbocycles. The molecule has 0 bridgehead atoms. The van der Waals surface area contributed by atoms with Crippen LogP contribution in [0.5, 0.6) is 11.5 Å². The fraction of sp³-hybridized carbons (Fsp3) is 0.435. The van der Waals surface area contributed by atoms with E-state index in [9.17, 15) is 9.59 Å². The van der Waals surface area contributed by atoms with Crippen LogP contribution in [0, 0.1) is 11.8 Å². The SMILES string of the molecule is COc1cccc(C2C3=C(OC4CCC(C)CC4C3=O)C(=O)N2c2nccs2)c1OC. The molecule has 3 aliphatic rings. The number of carbonyl (C=O) groups is 2. The average molecular weight is 441 g/mol. The summed E-state index contributed by atoms with van der Waals surface area (Å²) in [5.41, 5.74) is 1.08. The Labute approximate surface area is 184 Å². The molecular formula is C23H24N2O5S. The van der Waals surface area contributed by atoms with E-state index in [2.05, 4.69) is 11.9 Å². The van der Waals surface area contributed by atoms with Crippen molar-refractivity contribution in [1.82, 2.24) is 4.98 Å². The van der Waals surface area contributed by atoms with Crippen LogP contribution >= 0.6 is 11.3 Å². The highest BCUT2D eigenvalue weighted by Crippen LogP contribution is 2.51. The van der Waals surface area contributed by atoms with Crippen molar-refractivity contribution >= 4 is 28.2 Å². The number of ketones is 1. The molecule has 1 aliphatic carbocycles. The Morgan fingerprint density at radius 2 is 2.03 bits per heavy atom. The van der Waals surface area contributed by atoms with Gasteiger partial charge in [-0.25, -0.2) is 4.98 Å². The molecular weight excluding hydrogens is 416 g/mol. The Morgan fingerprint density at radius 1 is 1.19 bits per heavy atom. The summed E-state index contributed by atoms with van der Waals surface area (Å²) in [6.45, 7) is 2.16. The van der Waals surface area contributed by atoms with Gasteiger partial charge in [-0.2, -0.15) is 0 Å². The van der Waals surface area contributed by atoms with E-state index in [0.29, 0.717) is 33.7 Å². The molecule has 0 N–H and O–H groups in total. The lowest BCUT2D eigenvalue weighted by Gasteiger charge is -2.37. The number of carbonyl (C=O) groups excluding carboxylic acids is 2. The number of Topliss-reactive ketones (excluding diaryl/α,β-unsaturated/α-hetero) is 1. The van der Waals surface area contributed by atoms with E-state index in [1.54, 1.807) is 31.4 Å². The second-order valence-corrected chi connectivity index (χ2v) is 9.14. The summed E-state index contributed by atoms with van der Waals surface area (Å²) >= 11 is 1.35. The second-order valence-electron chi connectivity index (χ2n) is 8.26. The van der Waals surface area contributed by atoms with Gasteiger partial charge in [0.1, 0.15) is 12.1 Å². The molecule has 2 aromatic rings. The summed E-state index contributed by atoms with van der Waals surface area (Å²) in [4.78, 5) is 33.3. The van der Waals surface area contributed by atoms with Gasteiger partial charge < -0.3 is 14.2 Å². The van der Waals surface area contributed by atoms with Gasteiger partial charge in [-0.3, -0.25) is 14.5 Å². The van der Waals surface area contributed by atoms with Crippen molar-refractivity contribution in [1.29, 1.82) is 0 Å². The number of hydrogen-bond acceptors (Lipinski definition) is 7. The van der Waals surface area contributed by atoms with Crippen LogP contribution in [0.1, 0.15) is 37.8 Å². The molecule has 1 amide bonds. The number of nitrogens with zero attached hydrogens (tertiary/aromatic N) is 2. The average Bonchev–Trinajstić information content (AvgIpc) is 3.40. The number of hydrogen-bond donors (Lipinski definition) is 0. The zero-order valence-electron chi connectivity index (χ0n) is 17.7. The van der Waals surface area contributed by atoms with E-state index < -0.39 is 6.04 Å². The number of aromatic nitrogens is 1. The van der Waals surface area contributed by atoms with Crippen LogP contribution in [-0.2, 0) is 14.3 Å². The van der Waals surface area contributed by atoms with Crippen molar-refractivity contribution in [2.24, 2.45) is 11.8 Å². The molecule has 0 saturated heterocycles. The van der Waals surface area contributed by atoms with Crippen LogP contribution in [-0.4, -0.2) is 37.0 Å². The molecule has 7 nitrogen and oxygen atoms in total. The van der Waals surface area contributed by atoms with E-state index in [4.69, 9.17) is 14.2 Å². The quantitative estimate of drug-likeness (QED) is 0.718. The Kier molecular flexibility index (Phi) is 4.97. The Bertz CT molecular complexity index is 1060.